The standard InChI is InChI=1S/C62H115N2O7P/c1-7-10-13-16-19-22-25-28-30-31-32-33-35-36-39-42-45-48-51-54-61(65)63-59(58-70-72(67,68)69-57-56-64(4,5)6)60(53-50-47-44-41-38-27-24-21-18-15-12-9-3)71-62(66)55-52-49-46-43-40-37-34-29-26-23-20-17-14-11-8-2/h19-20,22-23,26,28-30,50,53,59-60H,7-18,21,24-25,27,31-49,51-52,54-58H2,1-6H3,(H-,63,65,67,68)/b22-19-,23-20+,29-26+,30-28-,53-50-. The summed E-state index contributed by atoms with van der Waals surface area (Å²) in [5.74, 6) is -0.556. The van der Waals surface area contributed by atoms with Gasteiger partial charge in [-0.2, -0.15) is 0 Å². The Balaban J connectivity index is 5.30. The monoisotopic (exact) mass is 1030 g/mol. The number of esters is 1. The summed E-state index contributed by atoms with van der Waals surface area (Å²) in [5.41, 5.74) is 0. The second kappa shape index (κ2) is 52.2. The fourth-order valence-electron chi connectivity index (χ4n) is 8.48. The molecular weight excluding hydrogens is 916 g/mol. The largest absolute Gasteiger partial charge is 0.756 e. The van der Waals surface area contributed by atoms with Gasteiger partial charge in [-0.25, -0.2) is 0 Å². The van der Waals surface area contributed by atoms with Gasteiger partial charge in [0.2, 0.25) is 5.91 Å². The molecule has 0 rings (SSSR count). The molecule has 0 saturated heterocycles. The lowest BCUT2D eigenvalue weighted by Gasteiger charge is -2.30. The number of unbranched alkanes of at least 4 members (excludes halogenated alkanes) is 31. The number of amides is 1. The fraction of sp³-hybridized carbons (Fsp3) is 0.806. The number of nitrogens with zero attached hydrogens (tertiary/aromatic N) is 1. The van der Waals surface area contributed by atoms with E-state index in [0.717, 1.165) is 96.3 Å². The van der Waals surface area contributed by atoms with Crippen LogP contribution in [0.4, 0.5) is 0 Å². The fourth-order valence-corrected chi connectivity index (χ4v) is 9.21. The van der Waals surface area contributed by atoms with Crippen LogP contribution in [-0.2, 0) is 27.9 Å². The Morgan fingerprint density at radius 2 is 0.889 bits per heavy atom. The number of hydrogen-bond donors (Lipinski definition) is 1. The molecule has 0 heterocycles. The predicted octanol–water partition coefficient (Wildman–Crippen LogP) is 17.6. The lowest BCUT2D eigenvalue weighted by atomic mass is 10.0. The number of ether oxygens (including phenoxy) is 1. The molecule has 3 atom stereocenters. The Morgan fingerprint density at radius 3 is 1.36 bits per heavy atom. The number of nitrogens with one attached hydrogen (secondary N) is 1. The Labute approximate surface area is 445 Å². The van der Waals surface area contributed by atoms with Gasteiger partial charge >= 0.3 is 5.97 Å². The summed E-state index contributed by atoms with van der Waals surface area (Å²) in [7, 11) is 1.17. The summed E-state index contributed by atoms with van der Waals surface area (Å²) in [6.07, 6.45) is 64.6. The number of quaternary nitrogens is 1. The number of rotatable bonds is 54. The van der Waals surface area contributed by atoms with Gasteiger partial charge in [-0.3, -0.25) is 14.2 Å². The van der Waals surface area contributed by atoms with Crippen LogP contribution in [0.3, 0.4) is 0 Å². The van der Waals surface area contributed by atoms with Crippen molar-refractivity contribution in [3.05, 3.63) is 60.8 Å². The molecule has 0 saturated carbocycles. The Morgan fingerprint density at radius 1 is 0.500 bits per heavy atom. The van der Waals surface area contributed by atoms with Crippen molar-refractivity contribution in [1.82, 2.24) is 5.32 Å². The first-order valence-corrected chi connectivity index (χ1v) is 31.6. The number of carbonyl (C=O) groups is 2. The normalized spacial score (nSPS) is 14.2. The van der Waals surface area contributed by atoms with Crippen LogP contribution in [0.15, 0.2) is 60.8 Å². The molecule has 10 heteroatoms. The molecule has 0 fully saturated rings. The molecule has 72 heavy (non-hydrogen) atoms. The van der Waals surface area contributed by atoms with Crippen molar-refractivity contribution in [2.45, 2.75) is 283 Å². The summed E-state index contributed by atoms with van der Waals surface area (Å²) in [4.78, 5) is 39.9. The zero-order valence-corrected chi connectivity index (χ0v) is 48.8. The van der Waals surface area contributed by atoms with Gasteiger partial charge < -0.3 is 28.5 Å². The van der Waals surface area contributed by atoms with Crippen LogP contribution < -0.4 is 10.2 Å². The molecule has 0 aromatic rings. The van der Waals surface area contributed by atoms with E-state index >= 15 is 0 Å². The van der Waals surface area contributed by atoms with Crippen LogP contribution in [0.5, 0.6) is 0 Å². The van der Waals surface area contributed by atoms with Gasteiger partial charge in [0.05, 0.1) is 33.8 Å². The summed E-state index contributed by atoms with van der Waals surface area (Å²) in [6.45, 7) is 6.78. The van der Waals surface area contributed by atoms with Crippen LogP contribution in [0, 0.1) is 0 Å². The lowest BCUT2D eigenvalue weighted by Crippen LogP contribution is -2.47. The van der Waals surface area contributed by atoms with E-state index in [1.54, 1.807) is 0 Å². The minimum atomic E-state index is -4.70. The van der Waals surface area contributed by atoms with Gasteiger partial charge in [-0.15, -0.1) is 0 Å². The molecule has 0 aromatic heterocycles. The topological polar surface area (TPSA) is 114 Å². The van der Waals surface area contributed by atoms with Crippen LogP contribution >= 0.6 is 7.82 Å². The average Bonchev–Trinajstić information content (AvgIpc) is 3.34. The van der Waals surface area contributed by atoms with Gasteiger partial charge in [-0.1, -0.05) is 230 Å². The summed E-state index contributed by atoms with van der Waals surface area (Å²) in [5, 5.41) is 3.02. The SMILES string of the molecule is CCCCC/C=C\C/C=C\CCCCCCCCCCCC(=O)NC(COP(=O)([O-])OCC[N+](C)(C)C)C(/C=C\CCCCCCCCCCCC)OC(=O)CCCCCCCC/C=C/C=C/CCCCC. The summed E-state index contributed by atoms with van der Waals surface area (Å²) in [6, 6.07) is -0.895. The number of likely N-dealkylation sites (N-methyl/N-ethyl adjacent to an activating group) is 1. The number of hydrogen-bond acceptors (Lipinski definition) is 7. The third-order valence-electron chi connectivity index (χ3n) is 13.2. The average molecular weight is 1030 g/mol. The maximum absolute atomic E-state index is 13.5. The molecule has 0 aliphatic carbocycles. The third kappa shape index (κ3) is 52.6. The van der Waals surface area contributed by atoms with Crippen molar-refractivity contribution < 1.29 is 37.3 Å². The number of phosphoric ester groups is 1. The van der Waals surface area contributed by atoms with Crippen molar-refractivity contribution in [3.63, 3.8) is 0 Å². The predicted molar refractivity (Wildman–Crippen MR) is 307 cm³/mol. The van der Waals surface area contributed by atoms with Crippen molar-refractivity contribution >= 4 is 19.7 Å². The highest BCUT2D eigenvalue weighted by atomic mass is 31.2. The van der Waals surface area contributed by atoms with Crippen molar-refractivity contribution in [2.75, 3.05) is 40.9 Å². The van der Waals surface area contributed by atoms with Crippen LogP contribution in [0.1, 0.15) is 271 Å². The molecule has 9 nitrogen and oxygen atoms in total. The van der Waals surface area contributed by atoms with E-state index in [1.807, 2.05) is 33.3 Å². The highest BCUT2D eigenvalue weighted by Crippen LogP contribution is 2.38. The maximum atomic E-state index is 13.5. The van der Waals surface area contributed by atoms with Crippen molar-refractivity contribution in [2.24, 2.45) is 0 Å². The van der Waals surface area contributed by atoms with Crippen LogP contribution in [-0.4, -0.2) is 69.4 Å². The highest BCUT2D eigenvalue weighted by Gasteiger charge is 2.27. The number of allylic oxidation sites excluding steroid dienone is 9. The number of phosphoric acid groups is 1. The molecular formula is C62H115N2O7P. The lowest BCUT2D eigenvalue weighted by molar-refractivity contribution is -0.870. The molecule has 0 aliphatic rings. The zero-order chi connectivity index (χ0) is 52.9. The van der Waals surface area contributed by atoms with Gasteiger partial charge in [0.1, 0.15) is 19.3 Å². The Hall–Kier alpha value is -2.29. The second-order valence-electron chi connectivity index (χ2n) is 21.5. The quantitative estimate of drug-likeness (QED) is 0.0161. The van der Waals surface area contributed by atoms with E-state index < -0.39 is 26.6 Å². The van der Waals surface area contributed by atoms with Crippen LogP contribution in [0.25, 0.3) is 0 Å². The summed E-state index contributed by atoms with van der Waals surface area (Å²) < 4.78 is 30.3. The first kappa shape index (κ1) is 69.7. The van der Waals surface area contributed by atoms with Crippen LogP contribution in [0.2, 0.25) is 0 Å². The summed E-state index contributed by atoms with van der Waals surface area (Å²) >= 11 is 0. The van der Waals surface area contributed by atoms with E-state index in [2.05, 4.69) is 74.7 Å². The molecule has 0 aromatic carbocycles. The molecule has 1 N–H and O–H groups in total. The van der Waals surface area contributed by atoms with Gasteiger partial charge in [0.15, 0.2) is 0 Å². The van der Waals surface area contributed by atoms with Gasteiger partial charge in [-0.05, 0) is 89.5 Å². The highest BCUT2D eigenvalue weighted by molar-refractivity contribution is 7.45. The molecule has 0 spiro atoms. The first-order chi connectivity index (χ1) is 34.9. The maximum Gasteiger partial charge on any atom is 0.306 e. The van der Waals surface area contributed by atoms with E-state index in [9.17, 15) is 19.0 Å². The molecule has 0 radical (unpaired) electrons. The smallest absolute Gasteiger partial charge is 0.306 e. The molecule has 3 unspecified atom stereocenters. The Bertz CT molecular complexity index is 1420. The van der Waals surface area contributed by atoms with E-state index in [4.69, 9.17) is 13.8 Å². The molecule has 420 valence electrons. The molecule has 1 amide bonds. The molecule has 0 bridgehead atoms. The second-order valence-corrected chi connectivity index (χ2v) is 22.9. The van der Waals surface area contributed by atoms with Crippen molar-refractivity contribution in [3.8, 4) is 0 Å². The van der Waals surface area contributed by atoms with Gasteiger partial charge in [0.25, 0.3) is 7.82 Å². The zero-order valence-electron chi connectivity index (χ0n) is 47.9. The minimum Gasteiger partial charge on any atom is -0.756 e. The third-order valence-corrected chi connectivity index (χ3v) is 14.2. The molecule has 0 aliphatic heterocycles. The Kier molecular flexibility index (Phi) is 50.5. The van der Waals surface area contributed by atoms with Gasteiger partial charge in [0, 0.05) is 12.8 Å². The van der Waals surface area contributed by atoms with Crippen molar-refractivity contribution in [1.29, 1.82) is 0 Å². The van der Waals surface area contributed by atoms with E-state index in [1.165, 1.54) is 141 Å². The minimum absolute atomic E-state index is 0.0262. The van der Waals surface area contributed by atoms with E-state index in [-0.39, 0.29) is 24.9 Å². The number of carbonyl (C=O) groups excluding carboxylic acids is 2. The first-order valence-electron chi connectivity index (χ1n) is 30.1. The van der Waals surface area contributed by atoms with E-state index in [0.29, 0.717) is 17.4 Å².